The zero-order valence-corrected chi connectivity index (χ0v) is 8.84. The quantitative estimate of drug-likeness (QED) is 0.773. The molecule has 1 unspecified atom stereocenters. The molecule has 5 nitrogen and oxygen atoms in total. The Balaban J connectivity index is 2.26. The molecule has 16 heavy (non-hydrogen) atoms. The third-order valence-electron chi connectivity index (χ3n) is 2.15. The number of ether oxygens (including phenoxy) is 1. The topological polar surface area (TPSA) is 59.9 Å². The maximum atomic E-state index is 11.1. The molecule has 1 aliphatic rings. The van der Waals surface area contributed by atoms with E-state index in [4.69, 9.17) is 4.74 Å². The van der Waals surface area contributed by atoms with Gasteiger partial charge >= 0.3 is 6.09 Å². The Morgan fingerprint density at radius 2 is 2.19 bits per heavy atom. The normalized spacial score (nSPS) is 19.4. The Kier molecular flexibility index (Phi) is 3.05. The Morgan fingerprint density at radius 3 is 2.88 bits per heavy atom. The number of rotatable bonds is 2. The minimum atomic E-state index is -0.572. The van der Waals surface area contributed by atoms with E-state index in [9.17, 15) is 4.79 Å². The fourth-order valence-corrected chi connectivity index (χ4v) is 1.47. The average molecular weight is 220 g/mol. The zero-order valence-electron chi connectivity index (χ0n) is 8.84. The van der Waals surface area contributed by atoms with Crippen molar-refractivity contribution in [3.8, 4) is 0 Å². The van der Waals surface area contributed by atoms with E-state index >= 15 is 0 Å². The highest BCUT2D eigenvalue weighted by atomic mass is 16.7. The van der Waals surface area contributed by atoms with Gasteiger partial charge in [0, 0.05) is 0 Å². The minimum Gasteiger partial charge on any atom is -0.477 e. The SMILES string of the molecule is CCOC1=NOC(=O)NC1c1ccccc1. The first kappa shape index (κ1) is 10.5. The van der Waals surface area contributed by atoms with Gasteiger partial charge in [0.05, 0.1) is 6.61 Å². The third kappa shape index (κ3) is 2.13. The summed E-state index contributed by atoms with van der Waals surface area (Å²) in [5, 5.41) is 6.29. The number of oxime groups is 1. The summed E-state index contributed by atoms with van der Waals surface area (Å²) in [7, 11) is 0. The second-order valence-corrected chi connectivity index (χ2v) is 3.23. The number of nitrogens with one attached hydrogen (secondary N) is 1. The molecule has 0 saturated carbocycles. The molecule has 0 aliphatic carbocycles. The van der Waals surface area contributed by atoms with Crippen LogP contribution in [-0.2, 0) is 9.57 Å². The van der Waals surface area contributed by atoms with Crippen LogP contribution in [-0.4, -0.2) is 18.6 Å². The average Bonchev–Trinajstić information content (AvgIpc) is 2.33. The Morgan fingerprint density at radius 1 is 1.44 bits per heavy atom. The summed E-state index contributed by atoms with van der Waals surface area (Å²) in [6.45, 7) is 2.32. The van der Waals surface area contributed by atoms with E-state index < -0.39 is 6.09 Å². The first-order valence-electron chi connectivity index (χ1n) is 5.04. The maximum Gasteiger partial charge on any atom is 0.434 e. The van der Waals surface area contributed by atoms with Crippen LogP contribution in [0.4, 0.5) is 4.79 Å². The molecule has 5 heteroatoms. The van der Waals surface area contributed by atoms with Crippen molar-refractivity contribution in [3.05, 3.63) is 35.9 Å². The number of carbonyl (C=O) groups excluding carboxylic acids is 1. The lowest BCUT2D eigenvalue weighted by atomic mass is 10.1. The van der Waals surface area contributed by atoms with Crippen molar-refractivity contribution in [3.63, 3.8) is 0 Å². The molecule has 0 fully saturated rings. The molecule has 1 N–H and O–H groups in total. The fourth-order valence-electron chi connectivity index (χ4n) is 1.47. The van der Waals surface area contributed by atoms with Crippen molar-refractivity contribution >= 4 is 12.0 Å². The molecular formula is C11H12N2O3. The van der Waals surface area contributed by atoms with Crippen LogP contribution in [0.3, 0.4) is 0 Å². The van der Waals surface area contributed by atoms with Gasteiger partial charge in [-0.1, -0.05) is 30.3 Å². The van der Waals surface area contributed by atoms with E-state index in [1.54, 1.807) is 0 Å². The van der Waals surface area contributed by atoms with Crippen LogP contribution in [0.1, 0.15) is 18.5 Å². The van der Waals surface area contributed by atoms with Crippen molar-refractivity contribution < 1.29 is 14.4 Å². The number of benzene rings is 1. The molecular weight excluding hydrogens is 208 g/mol. The van der Waals surface area contributed by atoms with Gasteiger partial charge in [-0.05, 0) is 17.6 Å². The molecule has 1 amide bonds. The smallest absolute Gasteiger partial charge is 0.434 e. The molecule has 1 aromatic rings. The van der Waals surface area contributed by atoms with E-state index in [2.05, 4.69) is 15.3 Å². The molecule has 0 spiro atoms. The first-order valence-corrected chi connectivity index (χ1v) is 5.04. The van der Waals surface area contributed by atoms with E-state index in [0.717, 1.165) is 5.56 Å². The number of hydrogen-bond acceptors (Lipinski definition) is 4. The molecule has 0 bridgehead atoms. The summed E-state index contributed by atoms with van der Waals surface area (Å²) >= 11 is 0. The van der Waals surface area contributed by atoms with Crippen LogP contribution in [0, 0.1) is 0 Å². The standard InChI is InChI=1S/C11H12N2O3/c1-2-15-10-9(12-11(14)16-13-10)8-6-4-3-5-7-8/h3-7,9H,2H2,1H3,(H,12,14). The van der Waals surface area contributed by atoms with Gasteiger partial charge in [-0.3, -0.25) is 4.84 Å². The Hall–Kier alpha value is -2.04. The molecule has 1 heterocycles. The third-order valence-corrected chi connectivity index (χ3v) is 2.15. The van der Waals surface area contributed by atoms with Crippen LogP contribution in [0.25, 0.3) is 0 Å². The minimum absolute atomic E-state index is 0.369. The second kappa shape index (κ2) is 4.65. The maximum absolute atomic E-state index is 11.1. The molecule has 1 aliphatic heterocycles. The van der Waals surface area contributed by atoms with Crippen LogP contribution >= 0.6 is 0 Å². The monoisotopic (exact) mass is 220 g/mol. The summed E-state index contributed by atoms with van der Waals surface area (Å²) in [6.07, 6.45) is -0.572. The summed E-state index contributed by atoms with van der Waals surface area (Å²) in [5.41, 5.74) is 0.909. The van der Waals surface area contributed by atoms with Gasteiger partial charge in [0.1, 0.15) is 6.04 Å². The lowest BCUT2D eigenvalue weighted by Gasteiger charge is -2.22. The predicted octanol–water partition coefficient (Wildman–Crippen LogP) is 1.82. The van der Waals surface area contributed by atoms with Crippen LogP contribution < -0.4 is 5.32 Å². The van der Waals surface area contributed by atoms with Crippen molar-refractivity contribution in [1.82, 2.24) is 5.32 Å². The Labute approximate surface area is 93.0 Å². The van der Waals surface area contributed by atoms with Crippen molar-refractivity contribution in [2.24, 2.45) is 5.16 Å². The number of carbonyl (C=O) groups is 1. The van der Waals surface area contributed by atoms with Crippen molar-refractivity contribution in [1.29, 1.82) is 0 Å². The summed E-state index contributed by atoms with van der Waals surface area (Å²) in [4.78, 5) is 15.6. The zero-order chi connectivity index (χ0) is 11.4. The number of nitrogens with zero attached hydrogens (tertiary/aromatic N) is 1. The molecule has 0 aromatic heterocycles. The largest absolute Gasteiger partial charge is 0.477 e. The molecule has 1 atom stereocenters. The van der Waals surface area contributed by atoms with Gasteiger partial charge in [0.25, 0.3) is 5.90 Å². The van der Waals surface area contributed by atoms with Crippen molar-refractivity contribution in [2.45, 2.75) is 13.0 Å². The molecule has 2 rings (SSSR count). The molecule has 0 radical (unpaired) electrons. The highest BCUT2D eigenvalue weighted by molar-refractivity contribution is 5.89. The lowest BCUT2D eigenvalue weighted by Crippen LogP contribution is -2.38. The van der Waals surface area contributed by atoms with Crippen LogP contribution in [0.5, 0.6) is 0 Å². The number of amides is 1. The Bertz CT molecular complexity index is 403. The molecule has 0 saturated heterocycles. The van der Waals surface area contributed by atoms with Crippen molar-refractivity contribution in [2.75, 3.05) is 6.61 Å². The summed E-state index contributed by atoms with van der Waals surface area (Å²) in [6, 6.07) is 9.10. The van der Waals surface area contributed by atoms with Gasteiger partial charge in [-0.2, -0.15) is 0 Å². The van der Waals surface area contributed by atoms with Crippen LogP contribution in [0.2, 0.25) is 0 Å². The summed E-state index contributed by atoms with van der Waals surface area (Å²) in [5.74, 6) is 0.369. The van der Waals surface area contributed by atoms with Crippen LogP contribution in [0.15, 0.2) is 35.5 Å². The molecule has 1 aromatic carbocycles. The second-order valence-electron chi connectivity index (χ2n) is 3.23. The van der Waals surface area contributed by atoms with E-state index in [1.807, 2.05) is 37.3 Å². The predicted molar refractivity (Wildman–Crippen MR) is 57.9 cm³/mol. The van der Waals surface area contributed by atoms with Gasteiger partial charge in [0.2, 0.25) is 0 Å². The fraction of sp³-hybridized carbons (Fsp3) is 0.273. The first-order chi connectivity index (χ1) is 7.81. The van der Waals surface area contributed by atoms with E-state index in [-0.39, 0.29) is 6.04 Å². The van der Waals surface area contributed by atoms with Gasteiger partial charge in [-0.15, -0.1) is 0 Å². The highest BCUT2D eigenvalue weighted by Crippen LogP contribution is 2.18. The van der Waals surface area contributed by atoms with E-state index in [1.165, 1.54) is 0 Å². The van der Waals surface area contributed by atoms with Gasteiger partial charge in [-0.25, -0.2) is 4.79 Å². The number of hydrogen-bond donors (Lipinski definition) is 1. The van der Waals surface area contributed by atoms with Gasteiger partial charge in [0.15, 0.2) is 0 Å². The lowest BCUT2D eigenvalue weighted by molar-refractivity contribution is 0.128. The molecule has 84 valence electrons. The summed E-state index contributed by atoms with van der Waals surface area (Å²) < 4.78 is 5.31. The van der Waals surface area contributed by atoms with E-state index in [0.29, 0.717) is 12.5 Å². The highest BCUT2D eigenvalue weighted by Gasteiger charge is 2.27. The van der Waals surface area contributed by atoms with Gasteiger partial charge < -0.3 is 10.1 Å².